The second-order valence-corrected chi connectivity index (χ2v) is 6.65. The van der Waals surface area contributed by atoms with Gasteiger partial charge in [-0.15, -0.1) is 0 Å². The Kier molecular flexibility index (Phi) is 4.58. The van der Waals surface area contributed by atoms with E-state index < -0.39 is 0 Å². The third kappa shape index (κ3) is 3.00. The van der Waals surface area contributed by atoms with Gasteiger partial charge in [-0.25, -0.2) is 4.98 Å². The predicted molar refractivity (Wildman–Crippen MR) is 84.2 cm³/mol. The topological polar surface area (TPSA) is 39.6 Å². The number of nitrogens with zero attached hydrogens (tertiary/aromatic N) is 3. The maximum Gasteiger partial charge on any atom is 0.132 e. The highest BCUT2D eigenvalue weighted by Crippen LogP contribution is 2.31. The highest BCUT2D eigenvalue weighted by atomic mass is 79.9. The standard InChI is InChI=1S/C15H22BrN3O/c16-13-10-12-2-1-5-19(15(12)17-11-13)14-3-6-18(7-4-14)8-9-20/h10-11,14,20H,1-9H2. The Morgan fingerprint density at radius 2 is 2.10 bits per heavy atom. The van der Waals surface area contributed by atoms with Crippen molar-refractivity contribution in [2.75, 3.05) is 37.7 Å². The Hall–Kier alpha value is -0.650. The monoisotopic (exact) mass is 339 g/mol. The third-order valence-corrected chi connectivity index (χ3v) is 4.87. The summed E-state index contributed by atoms with van der Waals surface area (Å²) in [7, 11) is 0. The number of anilines is 1. The molecular weight excluding hydrogens is 318 g/mol. The van der Waals surface area contributed by atoms with Crippen LogP contribution in [0.5, 0.6) is 0 Å². The average molecular weight is 340 g/mol. The largest absolute Gasteiger partial charge is 0.395 e. The molecule has 0 amide bonds. The number of piperidine rings is 1. The Bertz CT molecular complexity index is 460. The van der Waals surface area contributed by atoms with Crippen LogP contribution in [0.25, 0.3) is 0 Å². The van der Waals surface area contributed by atoms with E-state index in [9.17, 15) is 0 Å². The molecule has 0 radical (unpaired) electrons. The molecule has 1 saturated heterocycles. The molecule has 1 fully saturated rings. The average Bonchev–Trinajstić information content (AvgIpc) is 2.47. The van der Waals surface area contributed by atoms with Gasteiger partial charge in [0.15, 0.2) is 0 Å². The summed E-state index contributed by atoms with van der Waals surface area (Å²) in [6, 6.07) is 2.83. The van der Waals surface area contributed by atoms with Crippen LogP contribution in [-0.2, 0) is 6.42 Å². The molecule has 0 aromatic carbocycles. The summed E-state index contributed by atoms with van der Waals surface area (Å²) in [6.45, 7) is 4.40. The van der Waals surface area contributed by atoms with Crippen molar-refractivity contribution in [1.29, 1.82) is 0 Å². The van der Waals surface area contributed by atoms with E-state index in [1.165, 1.54) is 30.6 Å². The summed E-state index contributed by atoms with van der Waals surface area (Å²) in [5, 5.41) is 9.02. The molecule has 1 aromatic rings. The number of aromatic nitrogens is 1. The number of hydrogen-bond donors (Lipinski definition) is 1. The van der Waals surface area contributed by atoms with Crippen molar-refractivity contribution in [3.05, 3.63) is 22.3 Å². The van der Waals surface area contributed by atoms with Gasteiger partial charge in [0.2, 0.25) is 0 Å². The predicted octanol–water partition coefficient (Wildman–Crippen LogP) is 2.05. The molecule has 1 N–H and O–H groups in total. The molecule has 110 valence electrons. The van der Waals surface area contributed by atoms with E-state index in [2.05, 4.69) is 36.8 Å². The lowest BCUT2D eigenvalue weighted by molar-refractivity contribution is 0.162. The fourth-order valence-electron chi connectivity index (χ4n) is 3.41. The first-order valence-corrected chi connectivity index (χ1v) is 8.31. The molecule has 4 nitrogen and oxygen atoms in total. The minimum Gasteiger partial charge on any atom is -0.395 e. The highest BCUT2D eigenvalue weighted by molar-refractivity contribution is 9.10. The molecule has 1 aromatic heterocycles. The van der Waals surface area contributed by atoms with E-state index in [1.807, 2.05) is 6.20 Å². The van der Waals surface area contributed by atoms with Crippen LogP contribution in [0, 0.1) is 0 Å². The third-order valence-electron chi connectivity index (χ3n) is 4.44. The van der Waals surface area contributed by atoms with Crippen LogP contribution in [0.15, 0.2) is 16.7 Å². The first-order valence-electron chi connectivity index (χ1n) is 7.52. The molecule has 2 aliphatic heterocycles. The maximum absolute atomic E-state index is 9.02. The Balaban J connectivity index is 1.70. The molecule has 3 heterocycles. The summed E-state index contributed by atoms with van der Waals surface area (Å²) in [6.07, 6.45) is 6.63. The van der Waals surface area contributed by atoms with E-state index in [0.717, 1.165) is 37.1 Å². The van der Waals surface area contributed by atoms with Crippen LogP contribution in [-0.4, -0.2) is 53.8 Å². The lowest BCUT2D eigenvalue weighted by atomic mass is 9.98. The van der Waals surface area contributed by atoms with E-state index >= 15 is 0 Å². The van der Waals surface area contributed by atoms with Crippen LogP contribution < -0.4 is 4.90 Å². The molecule has 3 rings (SSSR count). The van der Waals surface area contributed by atoms with E-state index in [4.69, 9.17) is 5.11 Å². The van der Waals surface area contributed by atoms with Crippen LogP contribution in [0.1, 0.15) is 24.8 Å². The molecule has 20 heavy (non-hydrogen) atoms. The second-order valence-electron chi connectivity index (χ2n) is 5.73. The van der Waals surface area contributed by atoms with Gasteiger partial charge in [0.1, 0.15) is 5.82 Å². The molecular formula is C15H22BrN3O. The number of likely N-dealkylation sites (tertiary alicyclic amines) is 1. The van der Waals surface area contributed by atoms with Gasteiger partial charge in [-0.1, -0.05) is 0 Å². The Morgan fingerprint density at radius 1 is 1.30 bits per heavy atom. The highest BCUT2D eigenvalue weighted by Gasteiger charge is 2.28. The van der Waals surface area contributed by atoms with Gasteiger partial charge < -0.3 is 14.9 Å². The fourth-order valence-corrected chi connectivity index (χ4v) is 3.79. The molecule has 0 atom stereocenters. The number of halogens is 1. The van der Waals surface area contributed by atoms with E-state index in [-0.39, 0.29) is 6.61 Å². The van der Waals surface area contributed by atoms with Crippen molar-refractivity contribution in [3.8, 4) is 0 Å². The molecule has 2 aliphatic rings. The summed E-state index contributed by atoms with van der Waals surface area (Å²) in [5.74, 6) is 1.19. The maximum atomic E-state index is 9.02. The number of pyridine rings is 1. The summed E-state index contributed by atoms with van der Waals surface area (Å²) < 4.78 is 1.08. The van der Waals surface area contributed by atoms with Gasteiger partial charge in [0, 0.05) is 42.9 Å². The lowest BCUT2D eigenvalue weighted by Crippen LogP contribution is -2.47. The number of aryl methyl sites for hydroxylation is 1. The van der Waals surface area contributed by atoms with Crippen LogP contribution >= 0.6 is 15.9 Å². The van der Waals surface area contributed by atoms with Crippen molar-refractivity contribution >= 4 is 21.7 Å². The smallest absolute Gasteiger partial charge is 0.132 e. The van der Waals surface area contributed by atoms with Crippen LogP contribution in [0.2, 0.25) is 0 Å². The minimum absolute atomic E-state index is 0.271. The number of hydrogen-bond acceptors (Lipinski definition) is 4. The summed E-state index contributed by atoms with van der Waals surface area (Å²) in [5.41, 5.74) is 1.38. The van der Waals surface area contributed by atoms with Gasteiger partial charge in [-0.3, -0.25) is 0 Å². The van der Waals surface area contributed by atoms with Crippen molar-refractivity contribution in [2.45, 2.75) is 31.7 Å². The molecule has 0 spiro atoms. The zero-order valence-electron chi connectivity index (χ0n) is 11.8. The number of rotatable bonds is 3. The van der Waals surface area contributed by atoms with Gasteiger partial charge in [0.05, 0.1) is 6.61 Å². The normalized spacial score (nSPS) is 21.0. The van der Waals surface area contributed by atoms with Gasteiger partial charge >= 0.3 is 0 Å². The van der Waals surface area contributed by atoms with E-state index in [0.29, 0.717) is 6.04 Å². The minimum atomic E-state index is 0.271. The van der Waals surface area contributed by atoms with Crippen molar-refractivity contribution in [1.82, 2.24) is 9.88 Å². The fraction of sp³-hybridized carbons (Fsp3) is 0.667. The quantitative estimate of drug-likeness (QED) is 0.914. The molecule has 0 unspecified atom stereocenters. The molecule has 0 aliphatic carbocycles. The van der Waals surface area contributed by atoms with Crippen LogP contribution in [0.4, 0.5) is 5.82 Å². The summed E-state index contributed by atoms with van der Waals surface area (Å²) in [4.78, 5) is 9.53. The van der Waals surface area contributed by atoms with Crippen LogP contribution in [0.3, 0.4) is 0 Å². The summed E-state index contributed by atoms with van der Waals surface area (Å²) >= 11 is 3.52. The number of aliphatic hydroxyl groups excluding tert-OH is 1. The van der Waals surface area contributed by atoms with Crippen molar-refractivity contribution < 1.29 is 5.11 Å². The van der Waals surface area contributed by atoms with Crippen molar-refractivity contribution in [3.63, 3.8) is 0 Å². The molecule has 5 heteroatoms. The van der Waals surface area contributed by atoms with E-state index in [1.54, 1.807) is 0 Å². The van der Waals surface area contributed by atoms with Gasteiger partial charge in [-0.05, 0) is 53.2 Å². The number of fused-ring (bicyclic) bond motifs is 1. The Morgan fingerprint density at radius 3 is 2.85 bits per heavy atom. The first kappa shape index (κ1) is 14.3. The zero-order chi connectivity index (χ0) is 13.9. The first-order chi connectivity index (χ1) is 9.78. The second kappa shape index (κ2) is 6.41. The number of β-amino-alcohol motifs (C(OH)–C–C–N with tert-alkyl or cyclic N) is 1. The number of aliphatic hydroxyl groups is 1. The lowest BCUT2D eigenvalue weighted by Gasteiger charge is -2.41. The Labute approximate surface area is 128 Å². The SMILES string of the molecule is OCCN1CCC(N2CCCc3cc(Br)cnc32)CC1. The molecule has 0 saturated carbocycles. The molecule has 0 bridgehead atoms. The van der Waals surface area contributed by atoms with Crippen molar-refractivity contribution in [2.24, 2.45) is 0 Å². The van der Waals surface area contributed by atoms with Gasteiger partial charge in [0.25, 0.3) is 0 Å². The zero-order valence-corrected chi connectivity index (χ0v) is 13.3. The van der Waals surface area contributed by atoms with Gasteiger partial charge in [-0.2, -0.15) is 0 Å².